The number of carbonyl (C=O) groups excluding carboxylic acids is 1. The van der Waals surface area contributed by atoms with E-state index in [1.807, 2.05) is 36.5 Å². The largest absolute Gasteiger partial charge is 0.494 e. The van der Waals surface area contributed by atoms with E-state index in [0.29, 0.717) is 28.7 Å². The fourth-order valence-electron chi connectivity index (χ4n) is 4.30. The molecule has 0 radical (unpaired) electrons. The van der Waals surface area contributed by atoms with Crippen molar-refractivity contribution in [2.45, 2.75) is 0 Å². The summed E-state index contributed by atoms with van der Waals surface area (Å²) in [6.45, 7) is 7.53. The van der Waals surface area contributed by atoms with E-state index in [9.17, 15) is 4.79 Å². The van der Waals surface area contributed by atoms with Gasteiger partial charge in [0.1, 0.15) is 28.7 Å². The second-order valence-corrected chi connectivity index (χ2v) is 8.87. The molecule has 9 nitrogen and oxygen atoms in total. The van der Waals surface area contributed by atoms with Crippen molar-refractivity contribution in [3.8, 4) is 17.2 Å². The predicted octanol–water partition coefficient (Wildman–Crippen LogP) is 4.98. The molecule has 1 aliphatic heterocycles. The Morgan fingerprint density at radius 1 is 1.08 bits per heavy atom. The average molecular weight is 499 g/mol. The Labute approximate surface area is 215 Å². The summed E-state index contributed by atoms with van der Waals surface area (Å²) < 4.78 is 11.9. The molecule has 3 heterocycles. The molecule has 190 valence electrons. The summed E-state index contributed by atoms with van der Waals surface area (Å²) in [5.74, 6) is 2.25. The summed E-state index contributed by atoms with van der Waals surface area (Å²) in [5.41, 5.74) is 3.24. The molecule has 37 heavy (non-hydrogen) atoms. The molecule has 2 aromatic carbocycles. The molecule has 1 aliphatic rings. The predicted molar refractivity (Wildman–Crippen MR) is 147 cm³/mol. The maximum atomic E-state index is 11.7. The number of fused-ring (bicyclic) bond motifs is 1. The van der Waals surface area contributed by atoms with Crippen molar-refractivity contribution in [1.29, 1.82) is 0 Å². The summed E-state index contributed by atoms with van der Waals surface area (Å²) in [6, 6.07) is 17.1. The lowest BCUT2D eigenvalue weighted by Gasteiger charge is -2.34. The fourth-order valence-corrected chi connectivity index (χ4v) is 4.30. The first kappa shape index (κ1) is 24.2. The summed E-state index contributed by atoms with van der Waals surface area (Å²) in [4.78, 5) is 24.3. The van der Waals surface area contributed by atoms with E-state index in [-0.39, 0.29) is 5.91 Å². The Bertz CT molecular complexity index is 1420. The molecule has 0 saturated carbocycles. The minimum atomic E-state index is -0.284. The van der Waals surface area contributed by atoms with Crippen LogP contribution < -0.4 is 25.0 Å². The van der Waals surface area contributed by atoms with E-state index < -0.39 is 0 Å². The number of likely N-dealkylation sites (N-methyl/N-ethyl adjacent to an activating group) is 1. The Kier molecular flexibility index (Phi) is 6.96. The summed E-state index contributed by atoms with van der Waals surface area (Å²) >= 11 is 0. The van der Waals surface area contributed by atoms with Crippen molar-refractivity contribution in [3.63, 3.8) is 0 Å². The zero-order valence-electron chi connectivity index (χ0n) is 21.0. The first-order valence-corrected chi connectivity index (χ1v) is 12.1. The van der Waals surface area contributed by atoms with Gasteiger partial charge in [0.05, 0.1) is 18.2 Å². The molecule has 3 N–H and O–H groups in total. The van der Waals surface area contributed by atoms with Crippen molar-refractivity contribution >= 4 is 39.8 Å². The number of amides is 1. The standard InChI is InChI=1S/C28H30N6O3/c1-4-27(35)30-19-6-5-7-21(16-19)37-24-18-26(32-28-22(24)10-11-29-28)31-23-9-8-20(17-25(23)36-3)34-14-12-33(2)13-15-34/h4-11,16-18H,1,12-15H2,2-3H3,(H,30,35)(H2,29,31,32). The van der Waals surface area contributed by atoms with Gasteiger partial charge in [-0.2, -0.15) is 0 Å². The number of piperazine rings is 1. The number of nitrogens with zero attached hydrogens (tertiary/aromatic N) is 3. The van der Waals surface area contributed by atoms with E-state index in [1.165, 1.54) is 6.08 Å². The lowest BCUT2D eigenvalue weighted by Crippen LogP contribution is -2.44. The van der Waals surface area contributed by atoms with Crippen LogP contribution in [0.1, 0.15) is 0 Å². The average Bonchev–Trinajstić information content (AvgIpc) is 3.39. The molecular weight excluding hydrogens is 468 g/mol. The van der Waals surface area contributed by atoms with Crippen molar-refractivity contribution in [3.05, 3.63) is 73.4 Å². The third-order valence-corrected chi connectivity index (χ3v) is 6.32. The Balaban J connectivity index is 1.40. The number of ether oxygens (including phenoxy) is 2. The van der Waals surface area contributed by atoms with Gasteiger partial charge in [0.2, 0.25) is 5.91 Å². The number of H-pyrrole nitrogens is 1. The molecule has 0 bridgehead atoms. The van der Waals surface area contributed by atoms with Gasteiger partial charge in [-0.05, 0) is 43.5 Å². The van der Waals surface area contributed by atoms with Gasteiger partial charge < -0.3 is 34.9 Å². The van der Waals surface area contributed by atoms with Crippen LogP contribution in [0, 0.1) is 0 Å². The van der Waals surface area contributed by atoms with Crippen molar-refractivity contribution in [2.24, 2.45) is 0 Å². The van der Waals surface area contributed by atoms with Gasteiger partial charge in [-0.3, -0.25) is 4.79 Å². The smallest absolute Gasteiger partial charge is 0.247 e. The molecule has 0 unspecified atom stereocenters. The number of hydrogen-bond donors (Lipinski definition) is 3. The first-order valence-electron chi connectivity index (χ1n) is 12.1. The van der Waals surface area contributed by atoms with E-state index in [0.717, 1.165) is 48.7 Å². The maximum Gasteiger partial charge on any atom is 0.247 e. The van der Waals surface area contributed by atoms with Crippen LogP contribution in [-0.2, 0) is 4.79 Å². The van der Waals surface area contributed by atoms with E-state index in [2.05, 4.69) is 51.2 Å². The SMILES string of the molecule is C=CC(=O)Nc1cccc(Oc2cc(Nc3ccc(N4CCN(C)CC4)cc3OC)nc3[nH]ccc23)c1. The monoisotopic (exact) mass is 498 g/mol. The molecule has 1 saturated heterocycles. The zero-order valence-corrected chi connectivity index (χ0v) is 21.0. The number of methoxy groups -OCH3 is 1. The number of nitrogens with one attached hydrogen (secondary N) is 3. The molecule has 0 aliphatic carbocycles. The van der Waals surface area contributed by atoms with Gasteiger partial charge in [-0.25, -0.2) is 4.98 Å². The summed E-state index contributed by atoms with van der Waals surface area (Å²) in [7, 11) is 3.82. The summed E-state index contributed by atoms with van der Waals surface area (Å²) in [6.07, 6.45) is 3.05. The third kappa shape index (κ3) is 5.52. The molecule has 1 fully saturated rings. The van der Waals surface area contributed by atoms with E-state index in [4.69, 9.17) is 14.5 Å². The molecule has 9 heteroatoms. The second-order valence-electron chi connectivity index (χ2n) is 8.87. The normalized spacial score (nSPS) is 13.8. The highest BCUT2D eigenvalue weighted by atomic mass is 16.5. The molecule has 2 aromatic heterocycles. The zero-order chi connectivity index (χ0) is 25.8. The van der Waals surface area contributed by atoms with Gasteiger partial charge in [0.25, 0.3) is 0 Å². The molecule has 4 aromatic rings. The van der Waals surface area contributed by atoms with Crippen LogP contribution in [0.3, 0.4) is 0 Å². The van der Waals surface area contributed by atoms with E-state index >= 15 is 0 Å². The van der Waals surface area contributed by atoms with Crippen LogP contribution in [0.25, 0.3) is 11.0 Å². The maximum absolute atomic E-state index is 11.7. The topological polar surface area (TPSA) is 94.8 Å². The number of carbonyl (C=O) groups is 1. The van der Waals surface area contributed by atoms with Crippen LogP contribution in [0.5, 0.6) is 17.2 Å². The van der Waals surface area contributed by atoms with Gasteiger partial charge >= 0.3 is 0 Å². The number of aromatic nitrogens is 2. The Morgan fingerprint density at radius 3 is 2.70 bits per heavy atom. The van der Waals surface area contributed by atoms with Gasteiger partial charge in [-0.15, -0.1) is 0 Å². The van der Waals surface area contributed by atoms with Crippen molar-refractivity contribution in [2.75, 3.05) is 55.9 Å². The number of pyridine rings is 1. The number of rotatable bonds is 8. The molecule has 0 spiro atoms. The number of aromatic amines is 1. The van der Waals surface area contributed by atoms with Gasteiger partial charge in [-0.1, -0.05) is 12.6 Å². The number of hydrogen-bond acceptors (Lipinski definition) is 7. The van der Waals surface area contributed by atoms with Gasteiger partial charge in [0.15, 0.2) is 0 Å². The lowest BCUT2D eigenvalue weighted by atomic mass is 10.2. The minimum absolute atomic E-state index is 0.284. The van der Waals surface area contributed by atoms with Crippen LogP contribution in [0.4, 0.5) is 22.9 Å². The quantitative estimate of drug-likeness (QED) is 0.295. The minimum Gasteiger partial charge on any atom is -0.494 e. The highest BCUT2D eigenvalue weighted by Gasteiger charge is 2.17. The highest BCUT2D eigenvalue weighted by molar-refractivity contribution is 5.99. The number of anilines is 4. The molecular formula is C28H30N6O3. The Morgan fingerprint density at radius 2 is 1.92 bits per heavy atom. The Hall–Kier alpha value is -4.50. The molecule has 0 atom stereocenters. The van der Waals surface area contributed by atoms with E-state index in [1.54, 1.807) is 19.2 Å². The number of benzene rings is 2. The second kappa shape index (κ2) is 10.6. The molecule has 1 amide bonds. The van der Waals surface area contributed by atoms with Crippen LogP contribution >= 0.6 is 0 Å². The molecule has 5 rings (SSSR count). The van der Waals surface area contributed by atoms with Crippen LogP contribution in [0.15, 0.2) is 73.4 Å². The highest BCUT2D eigenvalue weighted by Crippen LogP contribution is 2.36. The van der Waals surface area contributed by atoms with Gasteiger partial charge in [0, 0.05) is 61.9 Å². The fraction of sp³-hybridized carbons (Fsp3) is 0.214. The lowest BCUT2D eigenvalue weighted by molar-refractivity contribution is -0.111. The first-order chi connectivity index (χ1) is 18.0. The van der Waals surface area contributed by atoms with Crippen LogP contribution in [-0.4, -0.2) is 61.1 Å². The summed E-state index contributed by atoms with van der Waals surface area (Å²) in [5, 5.41) is 6.97. The van der Waals surface area contributed by atoms with Crippen molar-refractivity contribution in [1.82, 2.24) is 14.9 Å². The third-order valence-electron chi connectivity index (χ3n) is 6.32. The van der Waals surface area contributed by atoms with Crippen molar-refractivity contribution < 1.29 is 14.3 Å². The van der Waals surface area contributed by atoms with Crippen LogP contribution in [0.2, 0.25) is 0 Å².